The first-order valence-corrected chi connectivity index (χ1v) is 17.9. The van der Waals surface area contributed by atoms with E-state index in [9.17, 15) is 0 Å². The van der Waals surface area contributed by atoms with Crippen molar-refractivity contribution in [2.75, 3.05) is 0 Å². The number of hydrogen-bond donors (Lipinski definition) is 0. The molecule has 1 spiro atoms. The number of benzene rings is 4. The minimum atomic E-state index is 0.0498. The lowest BCUT2D eigenvalue weighted by atomic mass is 9.43. The van der Waals surface area contributed by atoms with E-state index in [2.05, 4.69) is 97.1 Å². The number of hydrogen-bond acceptors (Lipinski definition) is 5. The molecule has 0 atom stereocenters. The highest BCUT2D eigenvalue weighted by atomic mass is 32.1. The zero-order valence-corrected chi connectivity index (χ0v) is 26.8. The van der Waals surface area contributed by atoms with Crippen LogP contribution in [-0.4, -0.2) is 19.9 Å². The molecule has 5 heteroatoms. The SMILES string of the molecule is c1ccc(-c2nc(-c3ccc4c(c3)-c3cccnc3C43C4CC5CC(C4)CC3C5)nc(-c3cccc4c3sc3ccccc34)n2)cc1. The van der Waals surface area contributed by atoms with E-state index in [0.29, 0.717) is 29.3 Å². The first kappa shape index (κ1) is 26.3. The monoisotopic (exact) mass is 624 g/mol. The summed E-state index contributed by atoms with van der Waals surface area (Å²) >= 11 is 1.81. The third kappa shape index (κ3) is 3.64. The van der Waals surface area contributed by atoms with Crippen LogP contribution in [-0.2, 0) is 5.41 Å². The molecule has 0 amide bonds. The number of fused-ring (bicyclic) bond motifs is 6. The molecule has 12 rings (SSSR count). The van der Waals surface area contributed by atoms with E-state index in [-0.39, 0.29) is 5.41 Å². The summed E-state index contributed by atoms with van der Waals surface area (Å²) in [7, 11) is 0. The summed E-state index contributed by atoms with van der Waals surface area (Å²) < 4.78 is 2.49. The minimum Gasteiger partial charge on any atom is -0.260 e. The van der Waals surface area contributed by atoms with Gasteiger partial charge in [0, 0.05) is 54.0 Å². The van der Waals surface area contributed by atoms with Gasteiger partial charge in [-0.3, -0.25) is 4.98 Å². The second-order valence-electron chi connectivity index (χ2n) is 14.3. The van der Waals surface area contributed by atoms with Gasteiger partial charge in [0.25, 0.3) is 0 Å². The summed E-state index contributed by atoms with van der Waals surface area (Å²) in [6.45, 7) is 0. The van der Waals surface area contributed by atoms with Crippen LogP contribution in [0.3, 0.4) is 0 Å². The molecule has 0 radical (unpaired) electrons. The first-order valence-electron chi connectivity index (χ1n) is 17.1. The zero-order chi connectivity index (χ0) is 30.7. The van der Waals surface area contributed by atoms with Crippen LogP contribution in [0.5, 0.6) is 0 Å². The fourth-order valence-corrected chi connectivity index (χ4v) is 11.6. The van der Waals surface area contributed by atoms with Crippen LogP contribution >= 0.6 is 11.3 Å². The summed E-state index contributed by atoms with van der Waals surface area (Å²) in [5, 5.41) is 2.52. The highest BCUT2D eigenvalue weighted by Crippen LogP contribution is 2.69. The van der Waals surface area contributed by atoms with Crippen molar-refractivity contribution < 1.29 is 0 Å². The smallest absolute Gasteiger partial charge is 0.165 e. The second-order valence-corrected chi connectivity index (χ2v) is 15.3. The van der Waals surface area contributed by atoms with E-state index in [0.717, 1.165) is 28.5 Å². The van der Waals surface area contributed by atoms with Gasteiger partial charge in [-0.05, 0) is 91.2 Å². The number of aromatic nitrogens is 4. The highest BCUT2D eigenvalue weighted by Gasteiger charge is 2.62. The van der Waals surface area contributed by atoms with E-state index in [1.54, 1.807) is 0 Å². The van der Waals surface area contributed by atoms with Crippen LogP contribution < -0.4 is 0 Å². The third-order valence-corrected chi connectivity index (χ3v) is 13.2. The predicted octanol–water partition coefficient (Wildman–Crippen LogP) is 10.4. The molecule has 4 saturated carbocycles. The Kier molecular flexibility index (Phi) is 5.41. The summed E-state index contributed by atoms with van der Waals surface area (Å²) in [6, 6.07) is 36.9. The van der Waals surface area contributed by atoms with Gasteiger partial charge in [0.05, 0.1) is 5.69 Å². The van der Waals surface area contributed by atoms with Crippen LogP contribution in [0.25, 0.3) is 65.5 Å². The van der Waals surface area contributed by atoms with Crippen molar-refractivity contribution in [2.45, 2.75) is 37.5 Å². The Morgan fingerprint density at radius 2 is 1.26 bits per heavy atom. The summed E-state index contributed by atoms with van der Waals surface area (Å²) in [5.41, 5.74) is 8.59. The largest absolute Gasteiger partial charge is 0.260 e. The molecule has 0 N–H and O–H groups in total. The fourth-order valence-electron chi connectivity index (χ4n) is 10.4. The van der Waals surface area contributed by atoms with E-state index in [1.807, 2.05) is 23.6 Å². The van der Waals surface area contributed by atoms with Crippen LogP contribution in [0.1, 0.15) is 43.4 Å². The topological polar surface area (TPSA) is 51.6 Å². The van der Waals surface area contributed by atoms with Gasteiger partial charge in [-0.1, -0.05) is 78.9 Å². The Bertz CT molecular complexity index is 2360. The lowest BCUT2D eigenvalue weighted by Gasteiger charge is -2.60. The van der Waals surface area contributed by atoms with Gasteiger partial charge in [0.15, 0.2) is 17.5 Å². The van der Waals surface area contributed by atoms with Crippen molar-refractivity contribution in [3.63, 3.8) is 0 Å². The van der Waals surface area contributed by atoms with Crippen molar-refractivity contribution in [2.24, 2.45) is 23.7 Å². The lowest BCUT2D eigenvalue weighted by molar-refractivity contribution is -0.0415. The summed E-state index contributed by atoms with van der Waals surface area (Å²) in [5.74, 6) is 5.32. The molecule has 3 aromatic heterocycles. The lowest BCUT2D eigenvalue weighted by Crippen LogP contribution is -2.55. The van der Waals surface area contributed by atoms with Gasteiger partial charge in [-0.25, -0.2) is 15.0 Å². The molecule has 4 aromatic carbocycles. The molecule has 4 bridgehead atoms. The minimum absolute atomic E-state index is 0.0498. The Balaban J connectivity index is 1.12. The molecule has 226 valence electrons. The normalized spacial score (nSPS) is 25.1. The number of pyridine rings is 1. The molecule has 47 heavy (non-hydrogen) atoms. The number of nitrogens with zero attached hydrogens (tertiary/aromatic N) is 4. The molecule has 4 nitrogen and oxygen atoms in total. The first-order chi connectivity index (χ1) is 23.2. The van der Waals surface area contributed by atoms with Crippen molar-refractivity contribution in [3.05, 3.63) is 121 Å². The van der Waals surface area contributed by atoms with Gasteiger partial charge in [-0.2, -0.15) is 0 Å². The van der Waals surface area contributed by atoms with Crippen molar-refractivity contribution in [3.8, 4) is 45.3 Å². The number of rotatable bonds is 3. The van der Waals surface area contributed by atoms with E-state index in [4.69, 9.17) is 19.9 Å². The Morgan fingerprint density at radius 3 is 2.09 bits per heavy atom. The van der Waals surface area contributed by atoms with Crippen LogP contribution in [0.2, 0.25) is 0 Å². The van der Waals surface area contributed by atoms with Gasteiger partial charge >= 0.3 is 0 Å². The van der Waals surface area contributed by atoms with Gasteiger partial charge in [-0.15, -0.1) is 11.3 Å². The Labute approximate surface area is 277 Å². The average Bonchev–Trinajstić information content (AvgIpc) is 3.64. The molecular weight excluding hydrogens is 593 g/mol. The standard InChI is InChI=1S/C42H32N4S/c1-2-8-26(9-3-1)39-44-40(46-41(45-39)33-12-6-11-31-30-10-4-5-14-36(30)47-37(31)33)27-15-16-35-34(23-27)32-13-7-17-43-38(32)42(35)28-19-24-18-25(21-28)22-29(42)20-24/h1-17,23-25,28-29H,18-22H2. The summed E-state index contributed by atoms with van der Waals surface area (Å²) in [6.07, 6.45) is 8.88. The number of thiophene rings is 1. The van der Waals surface area contributed by atoms with E-state index in [1.165, 1.54) is 74.7 Å². The van der Waals surface area contributed by atoms with Gasteiger partial charge < -0.3 is 0 Å². The Hall–Kier alpha value is -4.74. The van der Waals surface area contributed by atoms with E-state index < -0.39 is 0 Å². The van der Waals surface area contributed by atoms with Crippen molar-refractivity contribution in [1.29, 1.82) is 0 Å². The average molecular weight is 625 g/mol. The van der Waals surface area contributed by atoms with Gasteiger partial charge in [0.2, 0.25) is 0 Å². The highest BCUT2D eigenvalue weighted by molar-refractivity contribution is 7.26. The molecule has 5 aliphatic rings. The third-order valence-electron chi connectivity index (χ3n) is 12.0. The fraction of sp³-hybridized carbons (Fsp3) is 0.238. The van der Waals surface area contributed by atoms with Crippen molar-refractivity contribution >= 4 is 31.5 Å². The molecule has 0 aliphatic heterocycles. The molecule has 5 aliphatic carbocycles. The second kappa shape index (κ2) is 9.65. The maximum absolute atomic E-state index is 5.25. The van der Waals surface area contributed by atoms with Crippen LogP contribution in [0, 0.1) is 23.7 Å². The molecule has 7 aromatic rings. The summed E-state index contributed by atoms with van der Waals surface area (Å²) in [4.78, 5) is 20.7. The predicted molar refractivity (Wildman–Crippen MR) is 190 cm³/mol. The molecule has 3 heterocycles. The molecule has 0 unspecified atom stereocenters. The van der Waals surface area contributed by atoms with Gasteiger partial charge in [0.1, 0.15) is 0 Å². The zero-order valence-electron chi connectivity index (χ0n) is 25.9. The molecular formula is C42H32N4S. The van der Waals surface area contributed by atoms with Crippen LogP contribution in [0.4, 0.5) is 0 Å². The maximum atomic E-state index is 5.25. The van der Waals surface area contributed by atoms with E-state index >= 15 is 0 Å². The Morgan fingerprint density at radius 1 is 0.553 bits per heavy atom. The molecule has 4 fully saturated rings. The quantitative estimate of drug-likeness (QED) is 0.196. The van der Waals surface area contributed by atoms with Crippen molar-refractivity contribution in [1.82, 2.24) is 19.9 Å². The molecule has 0 saturated heterocycles. The maximum Gasteiger partial charge on any atom is 0.165 e. The van der Waals surface area contributed by atoms with Crippen LogP contribution in [0.15, 0.2) is 109 Å².